The molecule has 4 N–H and O–H groups in total. The SMILES string of the molecule is Oc1ccc(Cl)cc1/C=N/Nc1nc(Nc2ccccc2)nc(Nc2ccccc2)n1. The van der Waals surface area contributed by atoms with Gasteiger partial charge in [0.25, 0.3) is 0 Å². The van der Waals surface area contributed by atoms with Crippen LogP contribution in [-0.4, -0.2) is 26.3 Å². The Bertz CT molecular complexity index is 1130. The van der Waals surface area contributed by atoms with E-state index in [0.29, 0.717) is 22.5 Å². The van der Waals surface area contributed by atoms with Gasteiger partial charge in [-0.05, 0) is 42.5 Å². The second-order valence-electron chi connectivity index (χ2n) is 6.36. The lowest BCUT2D eigenvalue weighted by atomic mass is 10.2. The summed E-state index contributed by atoms with van der Waals surface area (Å²) in [6, 6.07) is 23.8. The molecule has 0 bridgehead atoms. The van der Waals surface area contributed by atoms with E-state index in [2.05, 4.69) is 36.1 Å². The Kier molecular flexibility index (Phi) is 6.20. The molecule has 0 amide bonds. The van der Waals surface area contributed by atoms with E-state index in [-0.39, 0.29) is 11.7 Å². The molecule has 0 radical (unpaired) electrons. The first-order chi connectivity index (χ1) is 15.2. The van der Waals surface area contributed by atoms with Crippen molar-refractivity contribution >= 4 is 47.0 Å². The van der Waals surface area contributed by atoms with Crippen LogP contribution >= 0.6 is 11.6 Å². The van der Waals surface area contributed by atoms with Gasteiger partial charge in [0, 0.05) is 22.0 Å². The van der Waals surface area contributed by atoms with Gasteiger partial charge in [0.05, 0.1) is 6.21 Å². The number of nitrogens with one attached hydrogen (secondary N) is 3. The minimum atomic E-state index is 0.0588. The Morgan fingerprint density at radius 3 is 1.87 bits per heavy atom. The smallest absolute Gasteiger partial charge is 0.250 e. The van der Waals surface area contributed by atoms with Gasteiger partial charge in [0.15, 0.2) is 0 Å². The number of benzene rings is 3. The number of hydrogen-bond acceptors (Lipinski definition) is 8. The summed E-state index contributed by atoms with van der Waals surface area (Å²) in [5, 5.41) is 20.8. The minimum absolute atomic E-state index is 0.0588. The fraction of sp³-hybridized carbons (Fsp3) is 0. The summed E-state index contributed by atoms with van der Waals surface area (Å²) in [6.07, 6.45) is 1.43. The molecule has 31 heavy (non-hydrogen) atoms. The van der Waals surface area contributed by atoms with Gasteiger partial charge in [-0.3, -0.25) is 0 Å². The maximum absolute atomic E-state index is 9.91. The molecule has 0 saturated heterocycles. The Morgan fingerprint density at radius 1 is 0.742 bits per heavy atom. The Morgan fingerprint density at radius 2 is 1.29 bits per heavy atom. The van der Waals surface area contributed by atoms with Crippen LogP contribution in [0.3, 0.4) is 0 Å². The number of phenolic OH excluding ortho intramolecular Hbond substituents is 1. The van der Waals surface area contributed by atoms with E-state index < -0.39 is 0 Å². The predicted molar refractivity (Wildman–Crippen MR) is 124 cm³/mol. The molecule has 0 saturated carbocycles. The highest BCUT2D eigenvalue weighted by Crippen LogP contribution is 2.20. The number of rotatable bonds is 7. The van der Waals surface area contributed by atoms with Crippen molar-refractivity contribution in [3.8, 4) is 5.75 Å². The van der Waals surface area contributed by atoms with E-state index in [4.69, 9.17) is 11.6 Å². The zero-order valence-electron chi connectivity index (χ0n) is 16.2. The van der Waals surface area contributed by atoms with Gasteiger partial charge in [-0.25, -0.2) is 5.43 Å². The second-order valence-corrected chi connectivity index (χ2v) is 6.80. The Labute approximate surface area is 183 Å². The van der Waals surface area contributed by atoms with E-state index in [9.17, 15) is 5.11 Å². The lowest BCUT2D eigenvalue weighted by Crippen LogP contribution is -2.07. The lowest BCUT2D eigenvalue weighted by Gasteiger charge is -2.10. The molecule has 8 nitrogen and oxygen atoms in total. The van der Waals surface area contributed by atoms with Crippen molar-refractivity contribution in [2.24, 2.45) is 5.10 Å². The second kappa shape index (κ2) is 9.55. The number of hydrazone groups is 1. The van der Waals surface area contributed by atoms with Crippen LogP contribution in [0.5, 0.6) is 5.75 Å². The van der Waals surface area contributed by atoms with Crippen LogP contribution in [-0.2, 0) is 0 Å². The third-order valence-corrected chi connectivity index (χ3v) is 4.29. The summed E-state index contributed by atoms with van der Waals surface area (Å²) < 4.78 is 0. The average Bonchev–Trinajstić information content (AvgIpc) is 2.77. The number of anilines is 5. The summed E-state index contributed by atoms with van der Waals surface area (Å²) in [7, 11) is 0. The Balaban J connectivity index is 1.59. The molecule has 154 valence electrons. The molecule has 4 rings (SSSR count). The van der Waals surface area contributed by atoms with Crippen molar-refractivity contribution in [2.75, 3.05) is 16.1 Å². The van der Waals surface area contributed by atoms with E-state index in [1.807, 2.05) is 60.7 Å². The number of para-hydroxylation sites is 2. The highest BCUT2D eigenvalue weighted by molar-refractivity contribution is 6.30. The molecule has 0 unspecified atom stereocenters. The molecule has 0 aliphatic rings. The minimum Gasteiger partial charge on any atom is -0.507 e. The van der Waals surface area contributed by atoms with Crippen LogP contribution in [0.1, 0.15) is 5.56 Å². The fourth-order valence-electron chi connectivity index (χ4n) is 2.63. The molecular formula is C22H18ClN7O. The third-order valence-electron chi connectivity index (χ3n) is 4.05. The van der Waals surface area contributed by atoms with Crippen LogP contribution in [0.4, 0.5) is 29.2 Å². The number of phenols is 1. The van der Waals surface area contributed by atoms with Gasteiger partial charge >= 0.3 is 0 Å². The maximum Gasteiger partial charge on any atom is 0.250 e. The first kappa shape index (κ1) is 20.1. The molecule has 0 atom stereocenters. The van der Waals surface area contributed by atoms with Gasteiger partial charge < -0.3 is 15.7 Å². The van der Waals surface area contributed by atoms with E-state index in [1.54, 1.807) is 12.1 Å². The van der Waals surface area contributed by atoms with Crippen LogP contribution < -0.4 is 16.1 Å². The van der Waals surface area contributed by atoms with Crippen molar-refractivity contribution in [1.29, 1.82) is 0 Å². The molecule has 0 aliphatic carbocycles. The van der Waals surface area contributed by atoms with Gasteiger partial charge in [-0.2, -0.15) is 20.1 Å². The molecule has 1 heterocycles. The largest absolute Gasteiger partial charge is 0.507 e. The summed E-state index contributed by atoms with van der Waals surface area (Å²) in [6.45, 7) is 0. The highest BCUT2D eigenvalue weighted by Gasteiger charge is 2.07. The molecule has 1 aromatic heterocycles. The molecule has 3 aromatic carbocycles. The van der Waals surface area contributed by atoms with Gasteiger partial charge in [-0.1, -0.05) is 48.0 Å². The first-order valence-corrected chi connectivity index (χ1v) is 9.71. The van der Waals surface area contributed by atoms with Crippen molar-refractivity contribution < 1.29 is 5.11 Å². The monoisotopic (exact) mass is 431 g/mol. The summed E-state index contributed by atoms with van der Waals surface area (Å²) in [4.78, 5) is 13.1. The van der Waals surface area contributed by atoms with Gasteiger partial charge in [0.2, 0.25) is 17.8 Å². The number of nitrogens with zero attached hydrogens (tertiary/aromatic N) is 4. The van der Waals surface area contributed by atoms with Crippen LogP contribution in [0, 0.1) is 0 Å². The molecule has 0 aliphatic heterocycles. The summed E-state index contributed by atoms with van der Waals surface area (Å²) in [5.74, 6) is 0.943. The van der Waals surface area contributed by atoms with Gasteiger partial charge in [0.1, 0.15) is 5.75 Å². The lowest BCUT2D eigenvalue weighted by molar-refractivity contribution is 0.474. The molecular weight excluding hydrogens is 414 g/mol. The zero-order chi connectivity index (χ0) is 21.5. The topological polar surface area (TPSA) is 107 Å². The van der Waals surface area contributed by atoms with Crippen LogP contribution in [0.15, 0.2) is 84.0 Å². The van der Waals surface area contributed by atoms with Crippen molar-refractivity contribution in [3.05, 3.63) is 89.4 Å². The van der Waals surface area contributed by atoms with Crippen molar-refractivity contribution in [3.63, 3.8) is 0 Å². The fourth-order valence-corrected chi connectivity index (χ4v) is 2.81. The first-order valence-electron chi connectivity index (χ1n) is 9.33. The number of aromatic hydroxyl groups is 1. The van der Waals surface area contributed by atoms with E-state index in [1.165, 1.54) is 12.3 Å². The number of hydrogen-bond donors (Lipinski definition) is 4. The zero-order valence-corrected chi connectivity index (χ0v) is 17.0. The standard InChI is InChI=1S/C22H18ClN7O/c23-16-11-12-19(31)15(13-16)14-24-30-22-28-20(25-17-7-3-1-4-8-17)27-21(29-22)26-18-9-5-2-6-10-18/h1-14,31H,(H3,25,26,27,28,29,30)/b24-14+. The summed E-state index contributed by atoms with van der Waals surface area (Å²) in [5.41, 5.74) is 4.89. The molecule has 9 heteroatoms. The van der Waals surface area contributed by atoms with Gasteiger partial charge in [-0.15, -0.1) is 0 Å². The van der Waals surface area contributed by atoms with Crippen LogP contribution in [0.25, 0.3) is 0 Å². The number of halogens is 1. The van der Waals surface area contributed by atoms with Crippen molar-refractivity contribution in [1.82, 2.24) is 15.0 Å². The van der Waals surface area contributed by atoms with E-state index >= 15 is 0 Å². The highest BCUT2D eigenvalue weighted by atomic mass is 35.5. The van der Waals surface area contributed by atoms with E-state index in [0.717, 1.165) is 11.4 Å². The number of aromatic nitrogens is 3. The Hall–Kier alpha value is -4.17. The molecule has 0 spiro atoms. The maximum atomic E-state index is 9.91. The molecule has 4 aromatic rings. The summed E-state index contributed by atoms with van der Waals surface area (Å²) >= 11 is 5.97. The molecule has 0 fully saturated rings. The van der Waals surface area contributed by atoms with Crippen molar-refractivity contribution in [2.45, 2.75) is 0 Å². The predicted octanol–water partition coefficient (Wildman–Crippen LogP) is 5.16. The normalized spacial score (nSPS) is 10.7. The average molecular weight is 432 g/mol. The quantitative estimate of drug-likeness (QED) is 0.236. The third kappa shape index (κ3) is 5.68. The van der Waals surface area contributed by atoms with Crippen LogP contribution in [0.2, 0.25) is 5.02 Å².